The number of ether oxygens (including phenoxy) is 2. The number of aliphatic carboxylic acids is 1. The van der Waals surface area contributed by atoms with Crippen LogP contribution in [0.25, 0.3) is 0 Å². The van der Waals surface area contributed by atoms with Gasteiger partial charge in [-0.2, -0.15) is 0 Å². The van der Waals surface area contributed by atoms with Crippen molar-refractivity contribution in [2.24, 2.45) is 11.3 Å². The lowest BCUT2D eigenvalue weighted by Crippen LogP contribution is -2.36. The largest absolute Gasteiger partial charge is 0.481 e. The van der Waals surface area contributed by atoms with Crippen LogP contribution in [0.4, 0.5) is 0 Å². The molecule has 5 nitrogen and oxygen atoms in total. The van der Waals surface area contributed by atoms with E-state index in [1.165, 1.54) is 0 Å². The lowest BCUT2D eigenvalue weighted by atomic mass is 9.76. The van der Waals surface area contributed by atoms with Crippen molar-refractivity contribution in [1.29, 1.82) is 0 Å². The summed E-state index contributed by atoms with van der Waals surface area (Å²) < 4.78 is 10.8. The van der Waals surface area contributed by atoms with Gasteiger partial charge in [-0.15, -0.1) is 0 Å². The molecule has 0 saturated carbocycles. The maximum Gasteiger partial charge on any atom is 0.308 e. The van der Waals surface area contributed by atoms with E-state index in [4.69, 9.17) is 9.47 Å². The van der Waals surface area contributed by atoms with Crippen molar-refractivity contribution in [3.8, 4) is 11.5 Å². The van der Waals surface area contributed by atoms with E-state index < -0.39 is 11.9 Å². The van der Waals surface area contributed by atoms with Gasteiger partial charge in [-0.3, -0.25) is 4.79 Å². The third-order valence-electron chi connectivity index (χ3n) is 5.28. The highest BCUT2D eigenvalue weighted by molar-refractivity contribution is 5.73. The van der Waals surface area contributed by atoms with Crippen molar-refractivity contribution in [3.05, 3.63) is 23.8 Å². The van der Waals surface area contributed by atoms with E-state index in [9.17, 15) is 9.90 Å². The van der Waals surface area contributed by atoms with Gasteiger partial charge in [0.2, 0.25) is 6.79 Å². The standard InChI is InChI=1S/C19H27NO4/c1-4-7-19(2,3)9-14-17(18(21)22)13(10-20-14)12-5-6-15-16(8-12)24-11-23-15/h5-6,8,13-14,17,20H,4,7,9-11H2,1-3H3,(H,21,22)/t13?,14-,17?/m0/s1. The predicted molar refractivity (Wildman–Crippen MR) is 91.5 cm³/mol. The van der Waals surface area contributed by atoms with E-state index in [1.807, 2.05) is 18.2 Å². The topological polar surface area (TPSA) is 67.8 Å². The molecule has 24 heavy (non-hydrogen) atoms. The van der Waals surface area contributed by atoms with E-state index >= 15 is 0 Å². The lowest BCUT2D eigenvalue weighted by molar-refractivity contribution is -0.142. The predicted octanol–water partition coefficient (Wildman–Crippen LogP) is 3.39. The van der Waals surface area contributed by atoms with Crippen LogP contribution in [0.1, 0.15) is 51.5 Å². The second-order valence-corrected chi connectivity index (χ2v) is 7.72. The maximum atomic E-state index is 12.0. The molecule has 1 saturated heterocycles. The maximum absolute atomic E-state index is 12.0. The van der Waals surface area contributed by atoms with Crippen LogP contribution in [0.15, 0.2) is 18.2 Å². The Morgan fingerprint density at radius 1 is 1.33 bits per heavy atom. The van der Waals surface area contributed by atoms with Gasteiger partial charge in [0.25, 0.3) is 0 Å². The van der Waals surface area contributed by atoms with Crippen molar-refractivity contribution in [2.75, 3.05) is 13.3 Å². The van der Waals surface area contributed by atoms with Crippen LogP contribution in [0.5, 0.6) is 11.5 Å². The Hall–Kier alpha value is -1.75. The minimum absolute atomic E-state index is 0.000488. The number of carbonyl (C=O) groups is 1. The van der Waals surface area contributed by atoms with Crippen molar-refractivity contribution in [2.45, 2.75) is 52.0 Å². The van der Waals surface area contributed by atoms with Gasteiger partial charge in [-0.05, 0) is 36.0 Å². The summed E-state index contributed by atoms with van der Waals surface area (Å²) >= 11 is 0. The third-order valence-corrected chi connectivity index (χ3v) is 5.28. The van der Waals surface area contributed by atoms with E-state index in [-0.39, 0.29) is 24.2 Å². The van der Waals surface area contributed by atoms with Gasteiger partial charge in [0.15, 0.2) is 11.5 Å². The fourth-order valence-electron chi connectivity index (χ4n) is 4.20. The molecular weight excluding hydrogens is 306 g/mol. The lowest BCUT2D eigenvalue weighted by Gasteiger charge is -2.30. The number of hydrogen-bond acceptors (Lipinski definition) is 4. The van der Waals surface area contributed by atoms with Gasteiger partial charge in [0, 0.05) is 18.5 Å². The number of carboxylic acids is 1. The van der Waals surface area contributed by atoms with Crippen LogP contribution < -0.4 is 14.8 Å². The van der Waals surface area contributed by atoms with Gasteiger partial charge in [-0.25, -0.2) is 0 Å². The minimum atomic E-state index is -0.722. The molecule has 3 atom stereocenters. The molecule has 5 heteroatoms. The van der Waals surface area contributed by atoms with Crippen molar-refractivity contribution in [3.63, 3.8) is 0 Å². The summed E-state index contributed by atoms with van der Waals surface area (Å²) in [7, 11) is 0. The van der Waals surface area contributed by atoms with E-state index in [2.05, 4.69) is 26.1 Å². The fourth-order valence-corrected chi connectivity index (χ4v) is 4.20. The molecule has 0 aliphatic carbocycles. The van der Waals surface area contributed by atoms with Crippen LogP contribution in [0.3, 0.4) is 0 Å². The van der Waals surface area contributed by atoms with E-state index in [1.54, 1.807) is 0 Å². The van der Waals surface area contributed by atoms with Crippen LogP contribution in [0, 0.1) is 11.3 Å². The average molecular weight is 333 g/mol. The van der Waals surface area contributed by atoms with Gasteiger partial charge in [-0.1, -0.05) is 33.3 Å². The SMILES string of the molecule is CCCC(C)(C)C[C@@H]1NCC(c2ccc3c(c2)OCO3)C1C(=O)O. The molecule has 0 amide bonds. The highest BCUT2D eigenvalue weighted by atomic mass is 16.7. The number of carboxylic acid groups (broad SMARTS) is 1. The summed E-state index contributed by atoms with van der Waals surface area (Å²) in [4.78, 5) is 12.0. The Kier molecular flexibility index (Phi) is 4.72. The quantitative estimate of drug-likeness (QED) is 0.835. The Morgan fingerprint density at radius 2 is 2.08 bits per heavy atom. The average Bonchev–Trinajstić information content (AvgIpc) is 3.11. The number of fused-ring (bicyclic) bond motifs is 1. The fraction of sp³-hybridized carbons (Fsp3) is 0.632. The minimum Gasteiger partial charge on any atom is -0.481 e. The molecule has 2 N–H and O–H groups in total. The summed E-state index contributed by atoms with van der Waals surface area (Å²) in [6, 6.07) is 5.78. The molecule has 1 fully saturated rings. The molecule has 0 spiro atoms. The third kappa shape index (κ3) is 3.36. The first kappa shape index (κ1) is 17.1. The summed E-state index contributed by atoms with van der Waals surface area (Å²) in [5, 5.41) is 13.3. The molecule has 1 aromatic carbocycles. The molecule has 0 aromatic heterocycles. The highest BCUT2D eigenvalue weighted by Crippen LogP contribution is 2.41. The second-order valence-electron chi connectivity index (χ2n) is 7.72. The van der Waals surface area contributed by atoms with Crippen LogP contribution in [-0.2, 0) is 4.79 Å². The summed E-state index contributed by atoms with van der Waals surface area (Å²) in [5.74, 6) is 0.268. The van der Waals surface area contributed by atoms with Crippen LogP contribution >= 0.6 is 0 Å². The molecule has 132 valence electrons. The Balaban J connectivity index is 1.80. The molecule has 2 unspecified atom stereocenters. The van der Waals surface area contributed by atoms with Crippen LogP contribution in [-0.4, -0.2) is 30.5 Å². The molecule has 0 bridgehead atoms. The Labute approximate surface area is 143 Å². The zero-order valence-electron chi connectivity index (χ0n) is 14.7. The first-order chi connectivity index (χ1) is 11.4. The first-order valence-corrected chi connectivity index (χ1v) is 8.77. The second kappa shape index (κ2) is 6.63. The molecule has 2 aliphatic rings. The summed E-state index contributed by atoms with van der Waals surface area (Å²) in [6.07, 6.45) is 3.09. The number of benzene rings is 1. The summed E-state index contributed by atoms with van der Waals surface area (Å²) in [6.45, 7) is 7.55. The number of rotatable bonds is 6. The Bertz CT molecular complexity index is 613. The molecule has 3 rings (SSSR count). The zero-order chi connectivity index (χ0) is 17.3. The van der Waals surface area contributed by atoms with Crippen molar-refractivity contribution < 1.29 is 19.4 Å². The van der Waals surface area contributed by atoms with E-state index in [0.717, 1.165) is 30.6 Å². The monoisotopic (exact) mass is 333 g/mol. The molecule has 2 aliphatic heterocycles. The van der Waals surface area contributed by atoms with Crippen molar-refractivity contribution in [1.82, 2.24) is 5.32 Å². The van der Waals surface area contributed by atoms with E-state index in [0.29, 0.717) is 12.3 Å². The molecular formula is C19H27NO4. The van der Waals surface area contributed by atoms with Gasteiger partial charge >= 0.3 is 5.97 Å². The van der Waals surface area contributed by atoms with Gasteiger partial charge < -0.3 is 19.9 Å². The van der Waals surface area contributed by atoms with Crippen LogP contribution in [0.2, 0.25) is 0 Å². The molecule has 2 heterocycles. The van der Waals surface area contributed by atoms with Crippen molar-refractivity contribution >= 4 is 5.97 Å². The molecule has 0 radical (unpaired) electrons. The Morgan fingerprint density at radius 3 is 2.79 bits per heavy atom. The summed E-state index contributed by atoms with van der Waals surface area (Å²) in [5.41, 5.74) is 1.15. The molecule has 1 aromatic rings. The number of hydrogen-bond donors (Lipinski definition) is 2. The smallest absolute Gasteiger partial charge is 0.308 e. The normalized spacial score (nSPS) is 25.9. The van der Waals surface area contributed by atoms with Gasteiger partial charge in [0.1, 0.15) is 0 Å². The van der Waals surface area contributed by atoms with Gasteiger partial charge in [0.05, 0.1) is 5.92 Å². The first-order valence-electron chi connectivity index (χ1n) is 8.77. The number of nitrogens with one attached hydrogen (secondary N) is 1. The zero-order valence-corrected chi connectivity index (χ0v) is 14.7. The highest BCUT2D eigenvalue weighted by Gasteiger charge is 2.43.